The molecule has 7 nitrogen and oxygen atoms in total. The Balaban J connectivity index is 1.53. The van der Waals surface area contributed by atoms with Crippen LogP contribution in [0.25, 0.3) is 10.8 Å². The van der Waals surface area contributed by atoms with Crippen LogP contribution >= 0.6 is 0 Å². The molecular weight excluding hydrogens is 505 g/mol. The Labute approximate surface area is 223 Å². The lowest BCUT2D eigenvalue weighted by Crippen LogP contribution is -2.53. The maximum atomic E-state index is 13.5. The summed E-state index contributed by atoms with van der Waals surface area (Å²) in [6, 6.07) is 15.8. The number of carbonyl (C=O) groups excluding carboxylic acids is 2. The number of carbonyl (C=O) groups is 2. The number of halogens is 1. The van der Waals surface area contributed by atoms with Gasteiger partial charge in [-0.3, -0.25) is 13.9 Å². The van der Waals surface area contributed by atoms with E-state index in [1.54, 1.807) is 30.3 Å². The van der Waals surface area contributed by atoms with Crippen molar-refractivity contribution in [2.75, 3.05) is 10.8 Å². The van der Waals surface area contributed by atoms with E-state index in [1.165, 1.54) is 21.3 Å². The number of nitrogens with zero attached hydrogens (tertiary/aromatic N) is 2. The van der Waals surface area contributed by atoms with Gasteiger partial charge in [-0.05, 0) is 68.8 Å². The quantitative estimate of drug-likeness (QED) is 0.415. The highest BCUT2D eigenvalue weighted by atomic mass is 32.2. The average Bonchev–Trinajstić information content (AvgIpc) is 3.07. The summed E-state index contributed by atoms with van der Waals surface area (Å²) in [4.78, 5) is 28.5. The van der Waals surface area contributed by atoms with Gasteiger partial charge < -0.3 is 10.2 Å². The zero-order chi connectivity index (χ0) is 27.7. The van der Waals surface area contributed by atoms with E-state index >= 15 is 0 Å². The van der Waals surface area contributed by atoms with Gasteiger partial charge in [-0.15, -0.1) is 0 Å². The van der Waals surface area contributed by atoms with Crippen LogP contribution in [0.1, 0.15) is 52.5 Å². The van der Waals surface area contributed by atoms with Crippen LogP contribution in [0, 0.1) is 5.82 Å². The molecule has 0 bridgehead atoms. The molecular formula is C29H34FN3O4S. The summed E-state index contributed by atoms with van der Waals surface area (Å²) in [5, 5.41) is 4.50. The lowest BCUT2D eigenvalue weighted by molar-refractivity contribution is -0.142. The third kappa shape index (κ3) is 5.67. The summed E-state index contributed by atoms with van der Waals surface area (Å²) in [6.07, 6.45) is 0.727. The summed E-state index contributed by atoms with van der Waals surface area (Å²) in [5.74, 6) is -0.913. The Bertz CT molecular complexity index is 1440. The average molecular weight is 540 g/mol. The van der Waals surface area contributed by atoms with Crippen molar-refractivity contribution < 1.29 is 22.4 Å². The Morgan fingerprint density at radius 2 is 1.68 bits per heavy atom. The summed E-state index contributed by atoms with van der Waals surface area (Å²) < 4.78 is 41.4. The minimum absolute atomic E-state index is 0.0544. The highest BCUT2D eigenvalue weighted by molar-refractivity contribution is 7.93. The van der Waals surface area contributed by atoms with Crippen molar-refractivity contribution in [3.8, 4) is 0 Å². The van der Waals surface area contributed by atoms with E-state index in [1.807, 2.05) is 45.9 Å². The molecule has 0 saturated carbocycles. The number of hydrogen-bond donors (Lipinski definition) is 1. The van der Waals surface area contributed by atoms with Gasteiger partial charge in [0, 0.05) is 30.4 Å². The fraction of sp³-hybridized carbons (Fsp3) is 0.379. The van der Waals surface area contributed by atoms with Crippen LogP contribution in [0.15, 0.2) is 65.6 Å². The topological polar surface area (TPSA) is 86.8 Å². The third-order valence-electron chi connectivity index (χ3n) is 6.58. The van der Waals surface area contributed by atoms with E-state index in [-0.39, 0.29) is 48.5 Å². The van der Waals surface area contributed by atoms with Crippen molar-refractivity contribution in [3.05, 3.63) is 72.0 Å². The molecule has 1 unspecified atom stereocenters. The second kappa shape index (κ2) is 10.7. The first-order valence-electron chi connectivity index (χ1n) is 12.8. The minimum atomic E-state index is -3.72. The molecule has 1 N–H and O–H groups in total. The van der Waals surface area contributed by atoms with Crippen LogP contribution < -0.4 is 9.62 Å². The lowest BCUT2D eigenvalue weighted by atomic mass is 10.0. The molecule has 1 atom stereocenters. The molecule has 0 aromatic heterocycles. The van der Waals surface area contributed by atoms with Crippen LogP contribution in [0.4, 0.5) is 10.1 Å². The molecule has 1 aliphatic heterocycles. The molecule has 0 radical (unpaired) electrons. The second-order valence-corrected chi connectivity index (χ2v) is 12.5. The predicted octanol–water partition coefficient (Wildman–Crippen LogP) is 4.99. The van der Waals surface area contributed by atoms with E-state index in [4.69, 9.17) is 0 Å². The number of anilines is 1. The molecule has 3 aromatic carbocycles. The number of amides is 2. The van der Waals surface area contributed by atoms with E-state index in [9.17, 15) is 22.4 Å². The van der Waals surface area contributed by atoms with Crippen LogP contribution in [0.3, 0.4) is 0 Å². The van der Waals surface area contributed by atoms with Crippen LogP contribution in [0.5, 0.6) is 0 Å². The molecule has 2 amide bonds. The van der Waals surface area contributed by atoms with E-state index in [0.717, 1.165) is 5.39 Å². The first kappa shape index (κ1) is 27.6. The fourth-order valence-electron chi connectivity index (χ4n) is 4.88. The standard InChI is InChI=1S/C29H34FN3O4S/c1-5-23(28(35)31-29(2,3)4)32(19-20-14-16-22(30)17-15-20)26(34)13-8-18-33-24-11-6-9-21-10-7-12-25(27(21)24)38(33,36)37/h6-7,9-12,14-17,23H,5,8,13,18-19H2,1-4H3,(H,31,35). The molecule has 0 saturated heterocycles. The number of sulfonamides is 1. The van der Waals surface area contributed by atoms with Crippen molar-refractivity contribution in [1.29, 1.82) is 0 Å². The van der Waals surface area contributed by atoms with Crippen molar-refractivity contribution in [2.24, 2.45) is 0 Å². The van der Waals surface area contributed by atoms with Gasteiger partial charge >= 0.3 is 0 Å². The summed E-state index contributed by atoms with van der Waals surface area (Å²) in [6.45, 7) is 7.74. The van der Waals surface area contributed by atoms with Gasteiger partial charge in [0.2, 0.25) is 11.8 Å². The number of hydrogen-bond acceptors (Lipinski definition) is 4. The highest BCUT2D eigenvalue weighted by Crippen LogP contribution is 2.42. The molecule has 4 rings (SSSR count). The van der Waals surface area contributed by atoms with Gasteiger partial charge in [0.1, 0.15) is 11.9 Å². The number of nitrogens with one attached hydrogen (secondary N) is 1. The van der Waals surface area contributed by atoms with Gasteiger partial charge in [-0.1, -0.05) is 43.3 Å². The first-order chi connectivity index (χ1) is 17.9. The smallest absolute Gasteiger partial charge is 0.265 e. The fourth-order valence-corrected chi connectivity index (χ4v) is 6.62. The summed E-state index contributed by atoms with van der Waals surface area (Å²) in [7, 11) is -3.72. The third-order valence-corrected chi connectivity index (χ3v) is 8.44. The zero-order valence-electron chi connectivity index (χ0n) is 22.2. The van der Waals surface area contributed by atoms with Gasteiger partial charge in [-0.25, -0.2) is 12.8 Å². The molecule has 1 heterocycles. The molecule has 202 valence electrons. The lowest BCUT2D eigenvalue weighted by Gasteiger charge is -2.33. The van der Waals surface area contributed by atoms with Crippen LogP contribution in [0.2, 0.25) is 0 Å². The molecule has 9 heteroatoms. The molecule has 0 aliphatic carbocycles. The molecule has 1 aliphatic rings. The highest BCUT2D eigenvalue weighted by Gasteiger charge is 2.36. The molecule has 0 spiro atoms. The molecule has 0 fully saturated rings. The normalized spacial score (nSPS) is 14.9. The van der Waals surface area contributed by atoms with E-state index < -0.39 is 21.6 Å². The largest absolute Gasteiger partial charge is 0.350 e. The minimum Gasteiger partial charge on any atom is -0.350 e. The predicted molar refractivity (Wildman–Crippen MR) is 147 cm³/mol. The zero-order valence-corrected chi connectivity index (χ0v) is 23.0. The SMILES string of the molecule is CCC(C(=O)NC(C)(C)C)N(Cc1ccc(F)cc1)C(=O)CCCN1c2cccc3cccc(c23)S1(=O)=O. The Morgan fingerprint density at radius 1 is 1.03 bits per heavy atom. The first-order valence-corrected chi connectivity index (χ1v) is 14.3. The van der Waals surface area contributed by atoms with E-state index in [2.05, 4.69) is 5.32 Å². The molecule has 38 heavy (non-hydrogen) atoms. The maximum absolute atomic E-state index is 13.5. The number of benzene rings is 3. The van der Waals surface area contributed by atoms with Crippen molar-refractivity contribution in [2.45, 2.75) is 70.0 Å². The van der Waals surface area contributed by atoms with Gasteiger partial charge in [0.05, 0.1) is 10.6 Å². The van der Waals surface area contributed by atoms with Crippen molar-refractivity contribution >= 4 is 38.3 Å². The van der Waals surface area contributed by atoms with Crippen molar-refractivity contribution in [3.63, 3.8) is 0 Å². The van der Waals surface area contributed by atoms with Gasteiger partial charge in [0.25, 0.3) is 10.0 Å². The monoisotopic (exact) mass is 539 g/mol. The maximum Gasteiger partial charge on any atom is 0.265 e. The number of rotatable bonds is 9. The summed E-state index contributed by atoms with van der Waals surface area (Å²) in [5.41, 5.74) is 0.839. The Kier molecular flexibility index (Phi) is 7.78. The molecule has 3 aromatic rings. The van der Waals surface area contributed by atoms with E-state index in [0.29, 0.717) is 23.1 Å². The second-order valence-electron chi connectivity index (χ2n) is 10.6. The van der Waals surface area contributed by atoms with Crippen LogP contribution in [-0.4, -0.2) is 43.3 Å². The van der Waals surface area contributed by atoms with Gasteiger partial charge in [-0.2, -0.15) is 0 Å². The summed E-state index contributed by atoms with van der Waals surface area (Å²) >= 11 is 0. The van der Waals surface area contributed by atoms with Gasteiger partial charge in [0.15, 0.2) is 0 Å². The Morgan fingerprint density at radius 3 is 2.32 bits per heavy atom. The van der Waals surface area contributed by atoms with Crippen LogP contribution in [-0.2, 0) is 26.2 Å². The van der Waals surface area contributed by atoms with Crippen molar-refractivity contribution in [1.82, 2.24) is 10.2 Å². The Hall–Kier alpha value is -3.46.